The summed E-state index contributed by atoms with van der Waals surface area (Å²) in [6, 6.07) is 1.26. The average molecular weight is 444 g/mol. The molecule has 10 nitrogen and oxygen atoms in total. The standard InChI is InChI=1S/C22H28N4O6/c1-4-30-22(29)26-15-7-8-16(26)11-14(10-15)25-32-21-23-19(28)18-13(6-5-12(2)3)9-17(27)31-20(18)24-21/h9,12,15-16H,4-8,10-11H2,1-3H3,(H,23,24,28)/b25-14-/t15-,16+/m1/s1. The first-order valence-corrected chi connectivity index (χ1v) is 11.1. The van der Waals surface area contributed by atoms with E-state index in [-0.39, 0.29) is 35.3 Å². The van der Waals surface area contributed by atoms with Gasteiger partial charge >= 0.3 is 17.7 Å². The maximum Gasteiger partial charge on any atom is 0.410 e. The van der Waals surface area contributed by atoms with E-state index in [0.717, 1.165) is 25.0 Å². The molecular formula is C22H28N4O6. The molecule has 0 aliphatic carbocycles. The molecule has 0 aromatic carbocycles. The topological polar surface area (TPSA) is 127 Å². The van der Waals surface area contributed by atoms with Crippen molar-refractivity contribution in [1.29, 1.82) is 0 Å². The number of nitrogens with one attached hydrogen (secondary N) is 1. The SMILES string of the molecule is CCOC(=O)N1[C@@H]2CC[C@H]1C/C(=N\Oc1nc3oc(=O)cc(CCC(C)C)c3c(=O)[nH]1)C2. The van der Waals surface area contributed by atoms with E-state index in [0.29, 0.717) is 37.4 Å². The fourth-order valence-electron chi connectivity index (χ4n) is 4.48. The summed E-state index contributed by atoms with van der Waals surface area (Å²) in [5.74, 6) is 0.424. The van der Waals surface area contributed by atoms with Gasteiger partial charge in [0.1, 0.15) is 5.39 Å². The molecule has 2 atom stereocenters. The minimum Gasteiger partial charge on any atom is -0.450 e. The van der Waals surface area contributed by atoms with Crippen LogP contribution in [-0.2, 0) is 11.2 Å². The van der Waals surface area contributed by atoms with E-state index in [9.17, 15) is 14.4 Å². The highest BCUT2D eigenvalue weighted by molar-refractivity contribution is 5.88. The van der Waals surface area contributed by atoms with Crippen LogP contribution in [0.3, 0.4) is 0 Å². The highest BCUT2D eigenvalue weighted by Gasteiger charge is 2.43. The second kappa shape index (κ2) is 9.13. The van der Waals surface area contributed by atoms with Crippen molar-refractivity contribution in [1.82, 2.24) is 14.9 Å². The number of nitrogens with zero attached hydrogens (tertiary/aromatic N) is 3. The maximum atomic E-state index is 12.7. The van der Waals surface area contributed by atoms with Crippen LogP contribution in [0.2, 0.25) is 0 Å². The van der Waals surface area contributed by atoms with Crippen molar-refractivity contribution in [3.8, 4) is 6.01 Å². The van der Waals surface area contributed by atoms with Gasteiger partial charge in [0.05, 0.1) is 12.3 Å². The molecule has 1 N–H and O–H groups in total. The molecule has 2 aromatic heterocycles. The largest absolute Gasteiger partial charge is 0.450 e. The quantitative estimate of drug-likeness (QED) is 0.679. The fourth-order valence-corrected chi connectivity index (χ4v) is 4.48. The zero-order chi connectivity index (χ0) is 22.8. The summed E-state index contributed by atoms with van der Waals surface area (Å²) in [6.45, 7) is 6.28. The van der Waals surface area contributed by atoms with Gasteiger partial charge in [-0.1, -0.05) is 19.0 Å². The van der Waals surface area contributed by atoms with Crippen LogP contribution in [0.4, 0.5) is 4.79 Å². The van der Waals surface area contributed by atoms with Gasteiger partial charge in [0.25, 0.3) is 5.56 Å². The van der Waals surface area contributed by atoms with E-state index in [2.05, 4.69) is 29.0 Å². The number of aryl methyl sites for hydroxylation is 1. The van der Waals surface area contributed by atoms with Crippen molar-refractivity contribution in [2.75, 3.05) is 6.61 Å². The van der Waals surface area contributed by atoms with Gasteiger partial charge in [-0.25, -0.2) is 9.59 Å². The number of amides is 1. The first-order valence-electron chi connectivity index (χ1n) is 11.1. The normalized spacial score (nSPS) is 21.5. The van der Waals surface area contributed by atoms with Crippen LogP contribution in [0.15, 0.2) is 25.2 Å². The number of aromatic amines is 1. The Morgan fingerprint density at radius 3 is 2.69 bits per heavy atom. The molecule has 0 radical (unpaired) electrons. The van der Waals surface area contributed by atoms with Gasteiger partial charge < -0.3 is 18.9 Å². The summed E-state index contributed by atoms with van der Waals surface area (Å²) in [4.78, 5) is 50.8. The molecule has 0 spiro atoms. The third-order valence-corrected chi connectivity index (χ3v) is 5.97. The predicted octanol–water partition coefficient (Wildman–Crippen LogP) is 2.98. The van der Waals surface area contributed by atoms with E-state index in [4.69, 9.17) is 14.0 Å². The lowest BCUT2D eigenvalue weighted by molar-refractivity contribution is 0.0856. The second-order valence-electron chi connectivity index (χ2n) is 8.72. The molecule has 4 rings (SSSR count). The summed E-state index contributed by atoms with van der Waals surface area (Å²) < 4.78 is 10.3. The van der Waals surface area contributed by atoms with Gasteiger partial charge in [-0.3, -0.25) is 9.78 Å². The maximum absolute atomic E-state index is 12.7. The Labute approximate surface area is 184 Å². The Morgan fingerprint density at radius 2 is 2.03 bits per heavy atom. The number of fused-ring (bicyclic) bond motifs is 3. The number of oxime groups is 1. The smallest absolute Gasteiger partial charge is 0.410 e. The van der Waals surface area contributed by atoms with Crippen molar-refractivity contribution >= 4 is 22.9 Å². The van der Waals surface area contributed by atoms with E-state index in [1.807, 2.05) is 0 Å². The molecule has 4 heterocycles. The molecule has 2 fully saturated rings. The van der Waals surface area contributed by atoms with Crippen molar-refractivity contribution in [3.63, 3.8) is 0 Å². The van der Waals surface area contributed by atoms with Crippen LogP contribution in [0, 0.1) is 5.92 Å². The summed E-state index contributed by atoms with van der Waals surface area (Å²) in [5, 5.41) is 4.43. The minimum atomic E-state index is -0.561. The molecule has 0 unspecified atom stereocenters. The molecule has 0 saturated carbocycles. The number of H-pyrrole nitrogens is 1. The number of rotatable bonds is 6. The Bertz CT molecular complexity index is 1140. The summed E-state index contributed by atoms with van der Waals surface area (Å²) in [5.41, 5.74) is 0.333. The Balaban J connectivity index is 1.53. The lowest BCUT2D eigenvalue weighted by Gasteiger charge is -2.34. The van der Waals surface area contributed by atoms with Gasteiger partial charge in [-0.05, 0) is 44.1 Å². The molecule has 1 amide bonds. The Morgan fingerprint density at radius 1 is 1.31 bits per heavy atom. The number of hydrogen-bond acceptors (Lipinski definition) is 8. The van der Waals surface area contributed by atoms with Crippen LogP contribution < -0.4 is 16.0 Å². The molecule has 32 heavy (non-hydrogen) atoms. The van der Waals surface area contributed by atoms with E-state index < -0.39 is 11.2 Å². The summed E-state index contributed by atoms with van der Waals surface area (Å²) in [7, 11) is 0. The van der Waals surface area contributed by atoms with Crippen LogP contribution in [0.1, 0.15) is 58.4 Å². The van der Waals surface area contributed by atoms with Gasteiger partial charge in [0.2, 0.25) is 5.71 Å². The van der Waals surface area contributed by atoms with Crippen LogP contribution >= 0.6 is 0 Å². The molecular weight excluding hydrogens is 416 g/mol. The number of piperidine rings is 1. The molecule has 10 heteroatoms. The molecule has 172 valence electrons. The minimum absolute atomic E-state index is 0.0281. The summed E-state index contributed by atoms with van der Waals surface area (Å²) in [6.07, 6.45) is 4.03. The fraction of sp³-hybridized carbons (Fsp3) is 0.591. The van der Waals surface area contributed by atoms with Gasteiger partial charge in [0.15, 0.2) is 0 Å². The van der Waals surface area contributed by atoms with Crippen LogP contribution in [0.25, 0.3) is 11.1 Å². The molecule has 2 bridgehead atoms. The third kappa shape index (κ3) is 4.53. The molecule has 2 saturated heterocycles. The lowest BCUT2D eigenvalue weighted by atomic mass is 10.0. The van der Waals surface area contributed by atoms with Gasteiger partial charge in [-0.2, -0.15) is 4.98 Å². The molecule has 2 aliphatic rings. The number of carbonyl (C=O) groups is 1. The first-order chi connectivity index (χ1) is 15.4. The van der Waals surface area contributed by atoms with E-state index in [1.165, 1.54) is 6.07 Å². The highest BCUT2D eigenvalue weighted by Crippen LogP contribution is 2.35. The van der Waals surface area contributed by atoms with E-state index >= 15 is 0 Å². The van der Waals surface area contributed by atoms with Gasteiger partial charge in [-0.15, -0.1) is 0 Å². The van der Waals surface area contributed by atoms with Crippen LogP contribution in [-0.4, -0.2) is 45.4 Å². The van der Waals surface area contributed by atoms with E-state index in [1.54, 1.807) is 11.8 Å². The predicted molar refractivity (Wildman–Crippen MR) is 117 cm³/mol. The highest BCUT2D eigenvalue weighted by atomic mass is 16.6. The summed E-state index contributed by atoms with van der Waals surface area (Å²) >= 11 is 0. The average Bonchev–Trinajstić information content (AvgIpc) is 3.00. The molecule has 2 aromatic rings. The number of hydrogen-bond donors (Lipinski definition) is 1. The second-order valence-corrected chi connectivity index (χ2v) is 8.72. The van der Waals surface area contributed by atoms with Crippen molar-refractivity contribution in [2.45, 2.75) is 71.4 Å². The monoisotopic (exact) mass is 444 g/mol. The Hall–Kier alpha value is -3.17. The Kier molecular flexibility index (Phi) is 6.29. The first kappa shape index (κ1) is 22.0. The zero-order valence-electron chi connectivity index (χ0n) is 18.6. The number of carbonyl (C=O) groups excluding carboxylic acids is 1. The van der Waals surface area contributed by atoms with Gasteiger partial charge in [0, 0.05) is 31.0 Å². The lowest BCUT2D eigenvalue weighted by Crippen LogP contribution is -2.47. The number of aromatic nitrogens is 2. The number of ether oxygens (including phenoxy) is 1. The van der Waals surface area contributed by atoms with Crippen molar-refractivity contribution in [3.05, 3.63) is 32.4 Å². The van der Waals surface area contributed by atoms with Crippen molar-refractivity contribution < 1.29 is 18.8 Å². The van der Waals surface area contributed by atoms with Crippen LogP contribution in [0.5, 0.6) is 6.01 Å². The third-order valence-electron chi connectivity index (χ3n) is 5.97. The molecule has 2 aliphatic heterocycles. The van der Waals surface area contributed by atoms with Crippen molar-refractivity contribution in [2.24, 2.45) is 11.1 Å². The zero-order valence-corrected chi connectivity index (χ0v) is 18.6.